The van der Waals surface area contributed by atoms with E-state index in [1.165, 1.54) is 30.0 Å². The van der Waals surface area contributed by atoms with Crippen LogP contribution in [0.4, 0.5) is 13.2 Å². The average Bonchev–Trinajstić information content (AvgIpc) is 2.68. The minimum Gasteiger partial charge on any atom is -0.555 e. The fraction of sp³-hybridized carbons (Fsp3) is 0.222. The van der Waals surface area contributed by atoms with Crippen LogP contribution in [0.5, 0.6) is 0 Å². The van der Waals surface area contributed by atoms with Crippen LogP contribution in [0.25, 0.3) is 10.8 Å². The van der Waals surface area contributed by atoms with Crippen LogP contribution in [0, 0.1) is 45.1 Å². The molecular formula is C18H16F3NO6S2U. The molecule has 0 bridgehead atoms. The molecule has 0 spiro atoms. The van der Waals surface area contributed by atoms with E-state index in [2.05, 4.69) is 23.1 Å². The number of carbonyl (C=O) groups excluding carboxylic acids is 2. The maximum absolute atomic E-state index is 12.6. The summed E-state index contributed by atoms with van der Waals surface area (Å²) in [6.07, 6.45) is 0. The van der Waals surface area contributed by atoms with Crippen molar-refractivity contribution in [2.24, 2.45) is 0 Å². The Kier molecular flexibility index (Phi) is 10.1. The molecule has 1 aliphatic heterocycles. The zero-order valence-electron chi connectivity index (χ0n) is 16.1. The maximum atomic E-state index is 12.6. The van der Waals surface area contributed by atoms with E-state index in [-0.39, 0.29) is 52.7 Å². The number of benzene rings is 2. The summed E-state index contributed by atoms with van der Waals surface area (Å²) < 4.78 is 68.2. The predicted molar refractivity (Wildman–Crippen MR) is 104 cm³/mol. The van der Waals surface area contributed by atoms with Crippen molar-refractivity contribution in [3.8, 4) is 0 Å². The largest absolute Gasteiger partial charge is 2.00 e. The molecule has 2 amide bonds. The van der Waals surface area contributed by atoms with E-state index in [0.717, 1.165) is 0 Å². The second-order valence-corrected chi connectivity index (χ2v) is 8.28. The number of ether oxygens (including phenoxy) is 1. The molecule has 7 nitrogen and oxygen atoms in total. The second kappa shape index (κ2) is 11.2. The van der Waals surface area contributed by atoms with Gasteiger partial charge in [0.25, 0.3) is 11.8 Å². The minimum atomic E-state index is -6.19. The number of imide groups is 1. The van der Waals surface area contributed by atoms with E-state index in [1.54, 1.807) is 12.1 Å². The third-order valence-electron chi connectivity index (χ3n) is 3.71. The molecule has 0 radical (unpaired) electrons. The summed E-state index contributed by atoms with van der Waals surface area (Å²) in [5.41, 5.74) is -6.06. The Morgan fingerprint density at radius 1 is 1.13 bits per heavy atom. The van der Waals surface area contributed by atoms with Crippen LogP contribution >= 0.6 is 11.8 Å². The van der Waals surface area contributed by atoms with Gasteiger partial charge in [-0.2, -0.15) is 33.4 Å². The Balaban J connectivity index is 0.000000885. The summed E-state index contributed by atoms with van der Waals surface area (Å²) in [6, 6.07) is 7.41. The van der Waals surface area contributed by atoms with Crippen LogP contribution < -0.4 is 0 Å². The molecule has 0 saturated heterocycles. The molecule has 0 aromatic heterocycles. The first kappa shape index (κ1) is 27.9. The van der Waals surface area contributed by atoms with Gasteiger partial charge in [-0.1, -0.05) is 12.1 Å². The van der Waals surface area contributed by atoms with Crippen molar-refractivity contribution in [1.82, 2.24) is 5.06 Å². The zero-order valence-corrected chi connectivity index (χ0v) is 21.9. The molecule has 31 heavy (non-hydrogen) atoms. The van der Waals surface area contributed by atoms with Gasteiger partial charge in [-0.05, 0) is 30.5 Å². The number of carbonyl (C=O) groups is 2. The molecular weight excluding hydrogens is 685 g/mol. The average molecular weight is 701 g/mol. The van der Waals surface area contributed by atoms with E-state index >= 15 is 0 Å². The van der Waals surface area contributed by atoms with Crippen molar-refractivity contribution in [3.05, 3.63) is 55.5 Å². The van der Waals surface area contributed by atoms with Crippen molar-refractivity contribution in [1.29, 1.82) is 0 Å². The summed E-state index contributed by atoms with van der Waals surface area (Å²) in [4.78, 5) is 25.4. The van der Waals surface area contributed by atoms with Crippen molar-refractivity contribution in [3.63, 3.8) is 0 Å². The van der Waals surface area contributed by atoms with Gasteiger partial charge in [0.15, 0.2) is 0 Å². The summed E-state index contributed by atoms with van der Waals surface area (Å²) in [6.45, 7) is 6.26. The van der Waals surface area contributed by atoms with Crippen LogP contribution in [-0.4, -0.2) is 43.2 Å². The first-order valence-electron chi connectivity index (χ1n) is 8.24. The van der Waals surface area contributed by atoms with Crippen LogP contribution in [-0.2, 0) is 19.1 Å². The maximum Gasteiger partial charge on any atom is 2.00 e. The van der Waals surface area contributed by atoms with Gasteiger partial charge in [-0.25, -0.2) is 7.11 Å². The van der Waals surface area contributed by atoms with Gasteiger partial charge in [0.2, 0.25) is 0 Å². The van der Waals surface area contributed by atoms with Crippen molar-refractivity contribution in [2.45, 2.75) is 17.3 Å². The van der Waals surface area contributed by atoms with E-state index in [0.29, 0.717) is 22.6 Å². The van der Waals surface area contributed by atoms with Crippen LogP contribution in [0.3, 0.4) is 0 Å². The number of hydroxylamine groups is 2. The number of hydrogen-bond donors (Lipinski definition) is 0. The summed E-state index contributed by atoms with van der Waals surface area (Å²) >= 11 is 1.27. The van der Waals surface area contributed by atoms with Gasteiger partial charge in [0, 0.05) is 16.9 Å². The molecule has 13 heteroatoms. The number of nitrogens with zero attached hydrogens (tertiary/aromatic N) is 1. The Labute approximate surface area is 205 Å². The smallest absolute Gasteiger partial charge is 0.555 e. The zero-order chi connectivity index (χ0) is 22.7. The third-order valence-corrected chi connectivity index (χ3v) is 5.39. The molecule has 0 fully saturated rings. The van der Waals surface area contributed by atoms with Crippen molar-refractivity contribution < 1.29 is 71.3 Å². The Morgan fingerprint density at radius 3 is 2.23 bits per heavy atom. The Morgan fingerprint density at radius 2 is 1.71 bits per heavy atom. The summed E-state index contributed by atoms with van der Waals surface area (Å²) in [5.74, 6) is -2.17. The monoisotopic (exact) mass is 701 g/mol. The Hall–Kier alpha value is -1.10. The van der Waals surface area contributed by atoms with E-state index in [9.17, 15) is 31.2 Å². The molecule has 0 saturated carbocycles. The van der Waals surface area contributed by atoms with E-state index < -0.39 is 27.4 Å². The standard InChI is InChI=1S/C15H9F3NO5S2.C3H7O.U/c1-2-25-9-6-8-4-3-5-10-12(8)11(7-9)14(21)19(13(10)20)24-26(22,23)15(16,17)18;1-3-4-2;/h3-7H,1-2H2;2-3H2,1H3;/q2*-1;+2. The topological polar surface area (TPSA) is 90.0 Å². The second-order valence-electron chi connectivity index (χ2n) is 5.59. The van der Waals surface area contributed by atoms with Crippen molar-refractivity contribution >= 4 is 44.5 Å². The van der Waals surface area contributed by atoms with E-state index in [1.807, 2.05) is 6.92 Å². The predicted octanol–water partition coefficient (Wildman–Crippen LogP) is 3.96. The van der Waals surface area contributed by atoms with Gasteiger partial charge in [0.05, 0.1) is 11.1 Å². The van der Waals surface area contributed by atoms with Gasteiger partial charge in [-0.3, -0.25) is 9.59 Å². The molecule has 2 aromatic carbocycles. The summed E-state index contributed by atoms with van der Waals surface area (Å²) in [7, 11) is -3.08. The minimum absolute atomic E-state index is 0. The molecule has 1 heterocycles. The molecule has 2 aromatic rings. The number of rotatable bonds is 5. The summed E-state index contributed by atoms with van der Waals surface area (Å²) in [5, 5.41) is 0.356. The molecule has 0 unspecified atom stereocenters. The normalized spacial score (nSPS) is 13.5. The van der Waals surface area contributed by atoms with E-state index in [4.69, 9.17) is 0 Å². The number of thioether (sulfide) groups is 1. The SMILES string of the molecule is [CH2-]CSc1cc2c3c(cccc3c1)C(=O)N(OS(=O)(=O)C(F)(F)F)C2=O.[CH2-]OCC.[U+2]. The van der Waals surface area contributed by atoms with Gasteiger partial charge in [-0.15, -0.1) is 15.1 Å². The number of hydrogen-bond acceptors (Lipinski definition) is 7. The molecule has 166 valence electrons. The molecule has 0 aliphatic carbocycles. The number of halogens is 3. The van der Waals surface area contributed by atoms with Crippen LogP contribution in [0.15, 0.2) is 35.2 Å². The molecule has 0 atom stereocenters. The van der Waals surface area contributed by atoms with Crippen LogP contribution in [0.2, 0.25) is 0 Å². The van der Waals surface area contributed by atoms with Gasteiger partial charge >= 0.3 is 46.7 Å². The number of alkyl halides is 3. The van der Waals surface area contributed by atoms with Crippen molar-refractivity contribution in [2.75, 3.05) is 12.4 Å². The molecule has 0 N–H and O–H groups in total. The van der Waals surface area contributed by atoms with Gasteiger partial charge in [0.1, 0.15) is 0 Å². The molecule has 1 aliphatic rings. The first-order chi connectivity index (χ1) is 14.0. The fourth-order valence-corrected chi connectivity index (χ4v) is 3.53. The first-order valence-corrected chi connectivity index (χ1v) is 10.6. The third kappa shape index (κ3) is 6.03. The quantitative estimate of drug-likeness (QED) is 0.202. The Bertz CT molecular complexity index is 1070. The number of amides is 2. The van der Waals surface area contributed by atoms with Gasteiger partial charge < -0.3 is 11.7 Å². The van der Waals surface area contributed by atoms with Crippen LogP contribution in [0.1, 0.15) is 27.6 Å². The molecule has 3 rings (SSSR count). The fourth-order valence-electron chi connectivity index (χ4n) is 2.47.